The van der Waals surface area contributed by atoms with Gasteiger partial charge in [-0.3, -0.25) is 0 Å². The number of tetrazole rings is 1. The van der Waals surface area contributed by atoms with E-state index in [-0.39, 0.29) is 6.10 Å². The Hall–Kier alpha value is -1.05. The average molecular weight is 324 g/mol. The minimum Gasteiger partial charge on any atom is -0.376 e. The molecule has 2 aliphatic rings. The first-order chi connectivity index (χ1) is 11.1. The Kier molecular flexibility index (Phi) is 5.61. The Morgan fingerprint density at radius 1 is 1.26 bits per heavy atom. The summed E-state index contributed by atoms with van der Waals surface area (Å²) in [6.45, 7) is 11.1. The van der Waals surface area contributed by atoms with Crippen molar-refractivity contribution in [3.05, 3.63) is 5.82 Å². The van der Waals surface area contributed by atoms with Crippen LogP contribution in [0.1, 0.15) is 45.0 Å². The van der Waals surface area contributed by atoms with Crippen LogP contribution in [0.15, 0.2) is 0 Å². The van der Waals surface area contributed by atoms with E-state index in [4.69, 9.17) is 4.74 Å². The Morgan fingerprint density at radius 3 is 2.70 bits per heavy atom. The van der Waals surface area contributed by atoms with E-state index >= 15 is 0 Å². The standard InChI is InChI=1S/C16H30N6O/c1-13(2)11-15(21-8-6-20(3)7-9-21)16-17-18-19-22(16)12-14-5-4-10-23-14/h13-15H,4-12H2,1-3H3/p+2/t14-,15-/m0/s1. The zero-order chi connectivity index (χ0) is 16.2. The summed E-state index contributed by atoms with van der Waals surface area (Å²) < 4.78 is 7.79. The SMILES string of the molecule is CC(C)C[C@@H](c1nnnn1C[C@@H]1CCCO1)[NH+]1CC[NH+](C)CC1. The highest BCUT2D eigenvalue weighted by atomic mass is 16.5. The third kappa shape index (κ3) is 4.28. The summed E-state index contributed by atoms with van der Waals surface area (Å²) >= 11 is 0. The molecule has 3 heterocycles. The Bertz CT molecular complexity index is 477. The van der Waals surface area contributed by atoms with Gasteiger partial charge in [0.25, 0.3) is 0 Å². The van der Waals surface area contributed by atoms with Crippen LogP contribution in [-0.4, -0.2) is 66.1 Å². The Morgan fingerprint density at radius 2 is 2.04 bits per heavy atom. The highest BCUT2D eigenvalue weighted by Gasteiger charge is 2.34. The second kappa shape index (κ2) is 7.68. The van der Waals surface area contributed by atoms with Crippen molar-refractivity contribution in [2.24, 2.45) is 5.92 Å². The van der Waals surface area contributed by atoms with Crippen LogP contribution in [0.4, 0.5) is 0 Å². The van der Waals surface area contributed by atoms with E-state index in [1.54, 1.807) is 9.80 Å². The molecule has 23 heavy (non-hydrogen) atoms. The van der Waals surface area contributed by atoms with Gasteiger partial charge in [-0.25, -0.2) is 4.68 Å². The molecule has 0 aliphatic carbocycles. The lowest BCUT2D eigenvalue weighted by Gasteiger charge is -2.33. The maximum Gasteiger partial charge on any atom is 0.209 e. The summed E-state index contributed by atoms with van der Waals surface area (Å²) in [6, 6.07) is 0.402. The molecule has 2 aliphatic heterocycles. The van der Waals surface area contributed by atoms with Crippen molar-refractivity contribution < 1.29 is 14.5 Å². The van der Waals surface area contributed by atoms with E-state index in [1.807, 2.05) is 4.68 Å². The lowest BCUT2D eigenvalue weighted by Crippen LogP contribution is -3.27. The first-order valence-corrected chi connectivity index (χ1v) is 9.17. The normalized spacial score (nSPS) is 30.0. The quantitative estimate of drug-likeness (QED) is 0.658. The maximum absolute atomic E-state index is 5.78. The first kappa shape index (κ1) is 16.8. The number of piperazine rings is 1. The van der Waals surface area contributed by atoms with E-state index in [2.05, 4.69) is 36.4 Å². The van der Waals surface area contributed by atoms with Crippen LogP contribution in [0.5, 0.6) is 0 Å². The monoisotopic (exact) mass is 324 g/mol. The van der Waals surface area contributed by atoms with Gasteiger partial charge in [-0.2, -0.15) is 0 Å². The van der Waals surface area contributed by atoms with Crippen molar-refractivity contribution in [1.29, 1.82) is 0 Å². The number of aromatic nitrogens is 4. The maximum atomic E-state index is 5.78. The molecule has 0 amide bonds. The molecule has 0 bridgehead atoms. The number of nitrogens with zero attached hydrogens (tertiary/aromatic N) is 4. The van der Waals surface area contributed by atoms with Crippen LogP contribution in [0.2, 0.25) is 0 Å². The van der Waals surface area contributed by atoms with Gasteiger partial charge in [0, 0.05) is 13.0 Å². The minimum atomic E-state index is 0.281. The van der Waals surface area contributed by atoms with Gasteiger partial charge in [-0.15, -0.1) is 5.10 Å². The van der Waals surface area contributed by atoms with E-state index in [0.717, 1.165) is 38.2 Å². The van der Waals surface area contributed by atoms with Crippen LogP contribution in [-0.2, 0) is 11.3 Å². The summed E-state index contributed by atoms with van der Waals surface area (Å²) in [5, 5.41) is 12.7. The molecule has 0 unspecified atom stereocenters. The molecule has 2 fully saturated rings. The molecule has 2 saturated heterocycles. The molecule has 1 aromatic heterocycles. The molecule has 2 atom stereocenters. The summed E-state index contributed by atoms with van der Waals surface area (Å²) in [5.74, 6) is 1.70. The molecular weight excluding hydrogens is 292 g/mol. The third-order valence-corrected chi connectivity index (χ3v) is 5.22. The van der Waals surface area contributed by atoms with Crippen LogP contribution >= 0.6 is 0 Å². The molecule has 0 spiro atoms. The van der Waals surface area contributed by atoms with Crippen molar-refractivity contribution in [2.75, 3.05) is 39.8 Å². The van der Waals surface area contributed by atoms with Crippen molar-refractivity contribution in [1.82, 2.24) is 20.2 Å². The lowest BCUT2D eigenvalue weighted by molar-refractivity contribution is -1.02. The lowest BCUT2D eigenvalue weighted by atomic mass is 10.0. The van der Waals surface area contributed by atoms with Gasteiger partial charge in [0.1, 0.15) is 26.2 Å². The predicted octanol–water partition coefficient (Wildman–Crippen LogP) is -1.65. The number of likely N-dealkylation sites (N-methyl/N-ethyl adjacent to an activating group) is 1. The highest BCUT2D eigenvalue weighted by molar-refractivity contribution is 4.89. The molecule has 0 aromatic carbocycles. The summed E-state index contributed by atoms with van der Waals surface area (Å²) in [4.78, 5) is 3.28. The number of hydrogen-bond donors (Lipinski definition) is 2. The largest absolute Gasteiger partial charge is 0.376 e. The molecule has 130 valence electrons. The van der Waals surface area contributed by atoms with Gasteiger partial charge in [0.2, 0.25) is 5.82 Å². The second-order valence-electron chi connectivity index (χ2n) is 7.65. The fraction of sp³-hybridized carbons (Fsp3) is 0.938. The molecular formula is C16H32N6O+2. The van der Waals surface area contributed by atoms with Crippen molar-refractivity contribution in [3.8, 4) is 0 Å². The molecule has 7 heteroatoms. The van der Waals surface area contributed by atoms with E-state index in [1.165, 1.54) is 26.2 Å². The smallest absolute Gasteiger partial charge is 0.209 e. The van der Waals surface area contributed by atoms with Gasteiger partial charge in [0.15, 0.2) is 6.04 Å². The molecule has 2 N–H and O–H groups in total. The first-order valence-electron chi connectivity index (χ1n) is 9.17. The molecule has 0 radical (unpaired) electrons. The fourth-order valence-electron chi connectivity index (χ4n) is 3.84. The predicted molar refractivity (Wildman–Crippen MR) is 86.3 cm³/mol. The third-order valence-electron chi connectivity index (χ3n) is 5.22. The summed E-state index contributed by atoms with van der Waals surface area (Å²) in [7, 11) is 2.29. The second-order valence-corrected chi connectivity index (χ2v) is 7.65. The van der Waals surface area contributed by atoms with Gasteiger partial charge >= 0.3 is 0 Å². The number of ether oxygens (including phenoxy) is 1. The van der Waals surface area contributed by atoms with Crippen molar-refractivity contribution in [3.63, 3.8) is 0 Å². The molecule has 0 saturated carbocycles. The van der Waals surface area contributed by atoms with E-state index < -0.39 is 0 Å². The van der Waals surface area contributed by atoms with Crippen molar-refractivity contribution >= 4 is 0 Å². The molecule has 7 nitrogen and oxygen atoms in total. The van der Waals surface area contributed by atoms with Gasteiger partial charge in [-0.1, -0.05) is 13.8 Å². The van der Waals surface area contributed by atoms with Crippen LogP contribution < -0.4 is 9.80 Å². The van der Waals surface area contributed by atoms with Crippen LogP contribution in [0.25, 0.3) is 0 Å². The van der Waals surface area contributed by atoms with Crippen LogP contribution in [0.3, 0.4) is 0 Å². The Balaban J connectivity index is 1.75. The highest BCUT2D eigenvalue weighted by Crippen LogP contribution is 2.19. The number of nitrogens with one attached hydrogen (secondary N) is 2. The Labute approximate surface area is 139 Å². The van der Waals surface area contributed by atoms with Gasteiger partial charge in [-0.05, 0) is 29.2 Å². The number of rotatable bonds is 6. The topological polar surface area (TPSA) is 61.7 Å². The zero-order valence-electron chi connectivity index (χ0n) is 14.8. The summed E-state index contributed by atoms with van der Waals surface area (Å²) in [6.07, 6.45) is 3.70. The van der Waals surface area contributed by atoms with E-state index in [9.17, 15) is 0 Å². The minimum absolute atomic E-state index is 0.281. The van der Waals surface area contributed by atoms with Crippen LogP contribution in [0, 0.1) is 5.92 Å². The van der Waals surface area contributed by atoms with Crippen molar-refractivity contribution in [2.45, 2.75) is 51.8 Å². The summed E-state index contributed by atoms with van der Waals surface area (Å²) in [5.41, 5.74) is 0. The number of quaternary nitrogens is 2. The van der Waals surface area contributed by atoms with Gasteiger partial charge < -0.3 is 14.5 Å². The number of hydrogen-bond acceptors (Lipinski definition) is 4. The molecule has 1 aromatic rings. The average Bonchev–Trinajstić information content (AvgIpc) is 3.18. The molecule has 3 rings (SSSR count). The fourth-order valence-corrected chi connectivity index (χ4v) is 3.84. The zero-order valence-corrected chi connectivity index (χ0v) is 14.8. The van der Waals surface area contributed by atoms with E-state index in [0.29, 0.717) is 12.0 Å². The van der Waals surface area contributed by atoms with Gasteiger partial charge in [0.05, 0.1) is 19.7 Å².